The summed E-state index contributed by atoms with van der Waals surface area (Å²) in [4.78, 5) is 41.1. The minimum absolute atomic E-state index is 0.0557. The van der Waals surface area contributed by atoms with E-state index in [1.165, 1.54) is 21.3 Å². The van der Waals surface area contributed by atoms with Gasteiger partial charge < -0.3 is 34.4 Å². The van der Waals surface area contributed by atoms with Gasteiger partial charge in [-0.2, -0.15) is 0 Å². The quantitative estimate of drug-likeness (QED) is 0.284. The number of nitrogens with one attached hydrogen (secondary N) is 2. The fourth-order valence-corrected chi connectivity index (χ4v) is 4.34. The van der Waals surface area contributed by atoms with Crippen molar-refractivity contribution in [2.45, 2.75) is 25.8 Å². The fraction of sp³-hybridized carbons (Fsp3) is 0.296. The number of aromatic hydroxyl groups is 1. The molecule has 10 nitrogen and oxygen atoms in total. The molecule has 3 N–H and O–H groups in total. The van der Waals surface area contributed by atoms with Crippen molar-refractivity contribution >= 4 is 35.1 Å². The first kappa shape index (κ1) is 29.7. The molecule has 0 saturated carbocycles. The number of carbonyl (C=O) groups is 2. The molecule has 0 bridgehead atoms. The summed E-state index contributed by atoms with van der Waals surface area (Å²) in [6, 6.07) is 8.08. The first-order valence-corrected chi connectivity index (χ1v) is 12.5. The molecule has 0 radical (unpaired) electrons. The number of ether oxygens (including phenoxy) is 4. The molecule has 1 amide bonds. The number of benzene rings is 2. The SMILES string of the molecule is CCOC(=O)c1c[nH]c(=O)c([C@@H](CC(=O)NCc2ccc(Cl)c(Cl)c2)c2cc(OC)c(OC)c(OC)c2)c1O. The Kier molecular flexibility index (Phi) is 10.1. The van der Waals surface area contributed by atoms with Crippen LogP contribution in [0.15, 0.2) is 41.3 Å². The monoisotopic (exact) mass is 578 g/mol. The second-order valence-corrected chi connectivity index (χ2v) is 9.07. The Morgan fingerprint density at radius 1 is 1.03 bits per heavy atom. The summed E-state index contributed by atoms with van der Waals surface area (Å²) >= 11 is 12.0. The Hall–Kier alpha value is -3.89. The average Bonchev–Trinajstić information content (AvgIpc) is 2.92. The van der Waals surface area contributed by atoms with Gasteiger partial charge in [0.2, 0.25) is 11.7 Å². The van der Waals surface area contributed by atoms with Gasteiger partial charge in [0, 0.05) is 25.1 Å². The fourth-order valence-electron chi connectivity index (χ4n) is 4.02. The zero-order chi connectivity index (χ0) is 28.7. The summed E-state index contributed by atoms with van der Waals surface area (Å²) in [5, 5.41) is 14.6. The molecule has 1 atom stereocenters. The maximum absolute atomic E-state index is 13.2. The molecule has 0 spiro atoms. The van der Waals surface area contributed by atoms with Crippen molar-refractivity contribution in [3.05, 3.63) is 79.2 Å². The number of hydrogen-bond donors (Lipinski definition) is 3. The van der Waals surface area contributed by atoms with Gasteiger partial charge in [-0.25, -0.2) is 4.79 Å². The van der Waals surface area contributed by atoms with Crippen LogP contribution in [0.5, 0.6) is 23.0 Å². The predicted octanol–water partition coefficient (Wildman–Crippen LogP) is 4.43. The largest absolute Gasteiger partial charge is 0.506 e. The second-order valence-electron chi connectivity index (χ2n) is 8.25. The van der Waals surface area contributed by atoms with Crippen molar-refractivity contribution in [3.8, 4) is 23.0 Å². The standard InChI is InChI=1S/C27H28Cl2N2O8/c1-5-39-27(35)17-13-31-26(34)23(24(17)33)16(15-9-20(36-2)25(38-4)21(10-15)37-3)11-22(32)30-12-14-6-7-18(28)19(29)8-14/h6-10,13,16H,5,11-12H2,1-4H3,(H,30,32)(H2,31,33,34)/t16-/m0/s1. The number of aromatic nitrogens is 1. The summed E-state index contributed by atoms with van der Waals surface area (Å²) < 4.78 is 21.3. The summed E-state index contributed by atoms with van der Waals surface area (Å²) in [5.74, 6) is -2.10. The molecule has 0 saturated heterocycles. The van der Waals surface area contributed by atoms with E-state index in [0.717, 1.165) is 6.20 Å². The van der Waals surface area contributed by atoms with E-state index in [9.17, 15) is 19.5 Å². The van der Waals surface area contributed by atoms with Crippen LogP contribution in [0.1, 0.15) is 46.3 Å². The highest BCUT2D eigenvalue weighted by molar-refractivity contribution is 6.42. The van der Waals surface area contributed by atoms with Gasteiger partial charge in [0.1, 0.15) is 11.3 Å². The third kappa shape index (κ3) is 6.76. The molecule has 1 aromatic heterocycles. The summed E-state index contributed by atoms with van der Waals surface area (Å²) in [5.41, 5.74) is -0.0701. The minimum Gasteiger partial charge on any atom is -0.506 e. The molecule has 1 heterocycles. The summed E-state index contributed by atoms with van der Waals surface area (Å²) in [6.07, 6.45) is 0.776. The summed E-state index contributed by atoms with van der Waals surface area (Å²) in [6.45, 7) is 1.79. The van der Waals surface area contributed by atoms with Gasteiger partial charge in [-0.05, 0) is 42.3 Å². The molecule has 208 valence electrons. The van der Waals surface area contributed by atoms with E-state index < -0.39 is 29.1 Å². The van der Waals surface area contributed by atoms with Gasteiger partial charge in [0.05, 0.1) is 43.5 Å². The number of aromatic amines is 1. The molecule has 3 rings (SSSR count). The van der Waals surface area contributed by atoms with Crippen molar-refractivity contribution in [1.29, 1.82) is 0 Å². The highest BCUT2D eigenvalue weighted by Crippen LogP contribution is 2.43. The molecule has 0 aliphatic heterocycles. The first-order valence-electron chi connectivity index (χ1n) is 11.8. The lowest BCUT2D eigenvalue weighted by Crippen LogP contribution is -2.28. The lowest BCUT2D eigenvalue weighted by Gasteiger charge is -2.22. The van der Waals surface area contributed by atoms with Crippen LogP contribution in [0.4, 0.5) is 0 Å². The third-order valence-corrected chi connectivity index (χ3v) is 6.64. The molecule has 0 unspecified atom stereocenters. The zero-order valence-electron chi connectivity index (χ0n) is 21.7. The number of carbonyl (C=O) groups excluding carboxylic acids is 2. The van der Waals surface area contributed by atoms with Crippen LogP contribution in [0.2, 0.25) is 10.0 Å². The number of hydrogen-bond acceptors (Lipinski definition) is 8. The van der Waals surface area contributed by atoms with Crippen molar-refractivity contribution in [2.24, 2.45) is 0 Å². The lowest BCUT2D eigenvalue weighted by molar-refractivity contribution is -0.121. The Bertz CT molecular complexity index is 1400. The number of esters is 1. The van der Waals surface area contributed by atoms with Crippen LogP contribution in [-0.4, -0.2) is 49.9 Å². The Morgan fingerprint density at radius 2 is 1.69 bits per heavy atom. The van der Waals surface area contributed by atoms with Crippen molar-refractivity contribution in [2.75, 3.05) is 27.9 Å². The van der Waals surface area contributed by atoms with Crippen LogP contribution in [0.3, 0.4) is 0 Å². The van der Waals surface area contributed by atoms with Crippen LogP contribution < -0.4 is 25.1 Å². The molecular weight excluding hydrogens is 551 g/mol. The van der Waals surface area contributed by atoms with Crippen molar-refractivity contribution in [1.82, 2.24) is 10.3 Å². The number of rotatable bonds is 11. The predicted molar refractivity (Wildman–Crippen MR) is 146 cm³/mol. The van der Waals surface area contributed by atoms with E-state index in [-0.39, 0.29) is 42.2 Å². The molecule has 3 aromatic rings. The maximum atomic E-state index is 13.2. The normalized spacial score (nSPS) is 11.4. The number of halogens is 2. The third-order valence-electron chi connectivity index (χ3n) is 5.90. The number of H-pyrrole nitrogens is 1. The van der Waals surface area contributed by atoms with Gasteiger partial charge in [-0.3, -0.25) is 9.59 Å². The lowest BCUT2D eigenvalue weighted by atomic mass is 9.87. The first-order chi connectivity index (χ1) is 18.6. The Morgan fingerprint density at radius 3 is 2.26 bits per heavy atom. The van der Waals surface area contributed by atoms with Gasteiger partial charge in [0.25, 0.3) is 5.56 Å². The molecule has 2 aromatic carbocycles. The van der Waals surface area contributed by atoms with Crippen molar-refractivity contribution < 1.29 is 33.6 Å². The molecule has 12 heteroatoms. The molecule has 39 heavy (non-hydrogen) atoms. The van der Waals surface area contributed by atoms with Gasteiger partial charge in [0.15, 0.2) is 11.5 Å². The molecule has 0 aliphatic carbocycles. The Labute approximate surface area is 234 Å². The van der Waals surface area contributed by atoms with E-state index in [0.29, 0.717) is 26.9 Å². The topological polar surface area (TPSA) is 136 Å². The summed E-state index contributed by atoms with van der Waals surface area (Å²) in [7, 11) is 4.28. The highest BCUT2D eigenvalue weighted by Gasteiger charge is 2.30. The van der Waals surface area contributed by atoms with Crippen LogP contribution >= 0.6 is 23.2 Å². The average molecular weight is 579 g/mol. The number of methoxy groups -OCH3 is 3. The van der Waals surface area contributed by atoms with Crippen LogP contribution in [0.25, 0.3) is 0 Å². The minimum atomic E-state index is -1.04. The molecular formula is C27H28Cl2N2O8. The van der Waals surface area contributed by atoms with Crippen LogP contribution in [0, 0.1) is 0 Å². The number of pyridine rings is 1. The van der Waals surface area contributed by atoms with E-state index in [1.807, 2.05) is 0 Å². The van der Waals surface area contributed by atoms with Crippen LogP contribution in [-0.2, 0) is 16.1 Å². The molecule has 0 aliphatic rings. The highest BCUT2D eigenvalue weighted by atomic mass is 35.5. The van der Waals surface area contributed by atoms with Crippen molar-refractivity contribution in [3.63, 3.8) is 0 Å². The number of amides is 1. The smallest absolute Gasteiger partial charge is 0.343 e. The zero-order valence-corrected chi connectivity index (χ0v) is 23.2. The second kappa shape index (κ2) is 13.3. The van der Waals surface area contributed by atoms with Gasteiger partial charge in [-0.1, -0.05) is 29.3 Å². The van der Waals surface area contributed by atoms with E-state index >= 15 is 0 Å². The van der Waals surface area contributed by atoms with Gasteiger partial charge in [-0.15, -0.1) is 0 Å². The van der Waals surface area contributed by atoms with Gasteiger partial charge >= 0.3 is 5.97 Å². The maximum Gasteiger partial charge on any atom is 0.343 e. The molecule has 0 fully saturated rings. The Balaban J connectivity index is 2.09. The van der Waals surface area contributed by atoms with E-state index in [4.69, 9.17) is 42.1 Å². The van der Waals surface area contributed by atoms with E-state index in [2.05, 4.69) is 10.3 Å². The van der Waals surface area contributed by atoms with E-state index in [1.54, 1.807) is 37.3 Å².